The number of hydrogen-bond donors (Lipinski definition) is 0. The lowest BCUT2D eigenvalue weighted by atomic mass is 10.0. The summed E-state index contributed by atoms with van der Waals surface area (Å²) in [4.78, 5) is 0. The molecule has 1 aliphatic heterocycles. The summed E-state index contributed by atoms with van der Waals surface area (Å²) in [6.07, 6.45) is 5.02. The minimum atomic E-state index is 0.217. The van der Waals surface area contributed by atoms with Gasteiger partial charge in [0, 0.05) is 6.20 Å². The van der Waals surface area contributed by atoms with Gasteiger partial charge in [-0.25, -0.2) is 0 Å². The number of rotatable bonds is 2. The van der Waals surface area contributed by atoms with Crippen LogP contribution in [0.1, 0.15) is 32.9 Å². The lowest BCUT2D eigenvalue weighted by Crippen LogP contribution is -2.12. The first-order valence-corrected chi connectivity index (χ1v) is 6.50. The standard InChI is InChI=1S/C15H19NO/c1-3-14-11(2)10-15(17-14)16-9-8-12-6-4-5-7-13(12)16/h4-9,11,14-15H,3,10H2,1-2H3/t11?,14-,15-/m1/s1. The van der Waals surface area contributed by atoms with Gasteiger partial charge in [-0.1, -0.05) is 32.0 Å². The molecule has 2 aromatic rings. The highest BCUT2D eigenvalue weighted by atomic mass is 16.5. The van der Waals surface area contributed by atoms with Crippen molar-refractivity contribution in [1.29, 1.82) is 0 Å². The number of ether oxygens (including phenoxy) is 1. The molecule has 3 rings (SSSR count). The Morgan fingerprint density at radius 1 is 1.29 bits per heavy atom. The Bertz CT molecular complexity index is 516. The number of aromatic nitrogens is 1. The third-order valence-electron chi connectivity index (χ3n) is 3.88. The van der Waals surface area contributed by atoms with E-state index in [1.165, 1.54) is 10.9 Å². The Labute approximate surface area is 102 Å². The van der Waals surface area contributed by atoms with Crippen LogP contribution in [0.25, 0.3) is 10.9 Å². The van der Waals surface area contributed by atoms with Gasteiger partial charge in [-0.3, -0.25) is 0 Å². The number of para-hydroxylation sites is 1. The molecule has 1 aromatic heterocycles. The predicted octanol–water partition coefficient (Wildman–Crippen LogP) is 3.97. The Morgan fingerprint density at radius 2 is 2.12 bits per heavy atom. The first kappa shape index (κ1) is 10.8. The quantitative estimate of drug-likeness (QED) is 0.760. The molecule has 0 aliphatic carbocycles. The fraction of sp³-hybridized carbons (Fsp3) is 0.467. The SMILES string of the molecule is CC[C@H]1O[C@@H](n2ccc3ccccc32)CC1C. The molecule has 0 radical (unpaired) electrons. The van der Waals surface area contributed by atoms with Gasteiger partial charge in [-0.05, 0) is 36.3 Å². The molecule has 1 aliphatic rings. The van der Waals surface area contributed by atoms with Crippen molar-refractivity contribution in [2.45, 2.75) is 39.0 Å². The Morgan fingerprint density at radius 3 is 2.88 bits per heavy atom. The Balaban J connectivity index is 1.95. The van der Waals surface area contributed by atoms with Crippen LogP contribution in [0.4, 0.5) is 0 Å². The molecular weight excluding hydrogens is 210 g/mol. The highest BCUT2D eigenvalue weighted by molar-refractivity contribution is 5.80. The maximum absolute atomic E-state index is 6.14. The van der Waals surface area contributed by atoms with Crippen LogP contribution in [0, 0.1) is 5.92 Å². The number of hydrogen-bond acceptors (Lipinski definition) is 1. The van der Waals surface area contributed by atoms with Gasteiger partial charge in [0.25, 0.3) is 0 Å². The molecule has 1 aromatic carbocycles. The number of nitrogens with zero attached hydrogens (tertiary/aromatic N) is 1. The molecule has 0 N–H and O–H groups in total. The molecule has 3 atom stereocenters. The zero-order chi connectivity index (χ0) is 11.8. The molecule has 2 nitrogen and oxygen atoms in total. The summed E-state index contributed by atoms with van der Waals surface area (Å²) < 4.78 is 8.42. The topological polar surface area (TPSA) is 14.2 Å². The van der Waals surface area contributed by atoms with Crippen LogP contribution in [0.3, 0.4) is 0 Å². The van der Waals surface area contributed by atoms with Crippen LogP contribution in [0.5, 0.6) is 0 Å². The molecule has 0 bridgehead atoms. The van der Waals surface area contributed by atoms with Crippen LogP contribution >= 0.6 is 0 Å². The molecule has 1 fully saturated rings. The van der Waals surface area contributed by atoms with E-state index in [9.17, 15) is 0 Å². The number of benzene rings is 1. The van der Waals surface area contributed by atoms with Crippen molar-refractivity contribution in [2.75, 3.05) is 0 Å². The lowest BCUT2D eigenvalue weighted by Gasteiger charge is -2.15. The van der Waals surface area contributed by atoms with Gasteiger partial charge in [-0.15, -0.1) is 0 Å². The smallest absolute Gasteiger partial charge is 0.134 e. The summed E-state index contributed by atoms with van der Waals surface area (Å²) in [7, 11) is 0. The van der Waals surface area contributed by atoms with Gasteiger partial charge < -0.3 is 9.30 Å². The van der Waals surface area contributed by atoms with Crippen LogP contribution in [0.2, 0.25) is 0 Å². The third kappa shape index (κ3) is 1.77. The molecule has 2 heterocycles. The Hall–Kier alpha value is -1.28. The van der Waals surface area contributed by atoms with Gasteiger partial charge in [0.2, 0.25) is 0 Å². The highest BCUT2D eigenvalue weighted by Crippen LogP contribution is 2.36. The molecule has 1 saturated heterocycles. The summed E-state index contributed by atoms with van der Waals surface area (Å²) in [5, 5.41) is 1.30. The van der Waals surface area contributed by atoms with Crippen molar-refractivity contribution < 1.29 is 4.74 Å². The first-order valence-electron chi connectivity index (χ1n) is 6.50. The van der Waals surface area contributed by atoms with E-state index in [4.69, 9.17) is 4.74 Å². The molecule has 0 amide bonds. The van der Waals surface area contributed by atoms with Crippen LogP contribution in [-0.2, 0) is 4.74 Å². The van der Waals surface area contributed by atoms with Gasteiger partial charge in [0.15, 0.2) is 0 Å². The monoisotopic (exact) mass is 229 g/mol. The van der Waals surface area contributed by atoms with Crippen molar-refractivity contribution >= 4 is 10.9 Å². The summed E-state index contributed by atoms with van der Waals surface area (Å²) >= 11 is 0. The normalized spacial score (nSPS) is 28.9. The second-order valence-electron chi connectivity index (χ2n) is 5.03. The molecule has 0 spiro atoms. The van der Waals surface area contributed by atoms with Crippen LogP contribution in [0.15, 0.2) is 36.5 Å². The third-order valence-corrected chi connectivity index (χ3v) is 3.88. The Kier molecular flexibility index (Phi) is 2.67. The van der Waals surface area contributed by atoms with Gasteiger partial charge in [-0.2, -0.15) is 0 Å². The zero-order valence-corrected chi connectivity index (χ0v) is 10.5. The predicted molar refractivity (Wildman–Crippen MR) is 69.9 cm³/mol. The summed E-state index contributed by atoms with van der Waals surface area (Å²) in [5.41, 5.74) is 1.28. The maximum Gasteiger partial charge on any atom is 0.134 e. The molecule has 90 valence electrons. The molecular formula is C15H19NO. The van der Waals surface area contributed by atoms with Crippen LogP contribution in [-0.4, -0.2) is 10.7 Å². The van der Waals surface area contributed by atoms with E-state index in [1.807, 2.05) is 0 Å². The lowest BCUT2D eigenvalue weighted by molar-refractivity contribution is -0.00248. The largest absolute Gasteiger partial charge is 0.355 e. The fourth-order valence-corrected chi connectivity index (χ4v) is 2.89. The van der Waals surface area contributed by atoms with Crippen LogP contribution < -0.4 is 0 Å². The minimum absolute atomic E-state index is 0.217. The van der Waals surface area contributed by atoms with Crippen molar-refractivity contribution in [3.05, 3.63) is 36.5 Å². The molecule has 0 saturated carbocycles. The van der Waals surface area contributed by atoms with Gasteiger partial charge in [0.05, 0.1) is 11.6 Å². The summed E-state index contributed by atoms with van der Waals surface area (Å²) in [6.45, 7) is 4.50. The molecule has 2 heteroatoms. The van der Waals surface area contributed by atoms with Crippen molar-refractivity contribution in [3.63, 3.8) is 0 Å². The van der Waals surface area contributed by atoms with Crippen molar-refractivity contribution in [3.8, 4) is 0 Å². The summed E-state index contributed by atoms with van der Waals surface area (Å²) in [5.74, 6) is 0.658. The number of fused-ring (bicyclic) bond motifs is 1. The highest BCUT2D eigenvalue weighted by Gasteiger charge is 2.32. The van der Waals surface area contributed by atoms with E-state index < -0.39 is 0 Å². The zero-order valence-electron chi connectivity index (χ0n) is 10.5. The van der Waals surface area contributed by atoms with Gasteiger partial charge in [0.1, 0.15) is 6.23 Å². The fourth-order valence-electron chi connectivity index (χ4n) is 2.89. The maximum atomic E-state index is 6.14. The summed E-state index contributed by atoms with van der Waals surface area (Å²) in [6, 6.07) is 10.7. The average Bonchev–Trinajstić information content (AvgIpc) is 2.92. The molecule has 1 unspecified atom stereocenters. The average molecular weight is 229 g/mol. The van der Waals surface area contributed by atoms with E-state index >= 15 is 0 Å². The molecule has 17 heavy (non-hydrogen) atoms. The minimum Gasteiger partial charge on any atom is -0.355 e. The van der Waals surface area contributed by atoms with E-state index in [2.05, 4.69) is 54.9 Å². The second-order valence-corrected chi connectivity index (χ2v) is 5.03. The second kappa shape index (κ2) is 4.19. The van der Waals surface area contributed by atoms with Crippen molar-refractivity contribution in [2.24, 2.45) is 5.92 Å². The van der Waals surface area contributed by atoms with E-state index in [0.29, 0.717) is 12.0 Å². The first-order chi connectivity index (χ1) is 8.29. The van der Waals surface area contributed by atoms with E-state index in [-0.39, 0.29) is 6.23 Å². The van der Waals surface area contributed by atoms with E-state index in [0.717, 1.165) is 12.8 Å². The van der Waals surface area contributed by atoms with Crippen molar-refractivity contribution in [1.82, 2.24) is 4.57 Å². The van der Waals surface area contributed by atoms with E-state index in [1.54, 1.807) is 0 Å². The van der Waals surface area contributed by atoms with Gasteiger partial charge >= 0.3 is 0 Å².